The monoisotopic (exact) mass is 258 g/mol. The lowest BCUT2D eigenvalue weighted by molar-refractivity contribution is 0.504. The van der Waals surface area contributed by atoms with Crippen molar-refractivity contribution in [1.82, 2.24) is 0 Å². The van der Waals surface area contributed by atoms with E-state index in [1.807, 2.05) is 0 Å². The predicted molar refractivity (Wildman–Crippen MR) is 89.4 cm³/mol. The first-order valence-electron chi connectivity index (χ1n) is 8.33. The van der Waals surface area contributed by atoms with Crippen LogP contribution in [0.2, 0.25) is 0 Å². The van der Waals surface area contributed by atoms with Gasteiger partial charge in [-0.15, -0.1) is 0 Å². The predicted octanol–water partition coefficient (Wildman–Crippen LogP) is 7.76. The average Bonchev–Trinajstić information content (AvgIpc) is 2.92. The van der Waals surface area contributed by atoms with Crippen molar-refractivity contribution >= 4 is 0 Å². The fourth-order valence-corrected chi connectivity index (χ4v) is 1.94. The molecule has 0 unspecified atom stereocenters. The number of rotatable bonds is 0. The normalized spacial score (nSPS) is 16.7. The molecule has 0 spiro atoms. The molecule has 0 radical (unpaired) electrons. The van der Waals surface area contributed by atoms with Gasteiger partial charge in [0.25, 0.3) is 0 Å². The van der Waals surface area contributed by atoms with Crippen molar-refractivity contribution in [2.24, 2.45) is 0 Å². The molecule has 0 heteroatoms. The molecular weight excluding hydrogens is 216 g/mol. The van der Waals surface area contributed by atoms with Crippen LogP contribution in [0, 0.1) is 0 Å². The fraction of sp³-hybridized carbons (Fsp3) is 1.00. The minimum absolute atomic E-state index is 0. The van der Waals surface area contributed by atoms with Gasteiger partial charge in [0.1, 0.15) is 0 Å². The van der Waals surface area contributed by atoms with Gasteiger partial charge in [-0.1, -0.05) is 119 Å². The van der Waals surface area contributed by atoms with E-state index in [9.17, 15) is 0 Å². The second kappa shape index (κ2) is 25.8. The van der Waals surface area contributed by atoms with Crippen molar-refractivity contribution < 1.29 is 0 Å². The van der Waals surface area contributed by atoms with Gasteiger partial charge in [-0.2, -0.15) is 0 Å². The summed E-state index contributed by atoms with van der Waals surface area (Å²) in [5.41, 5.74) is 0. The zero-order valence-corrected chi connectivity index (χ0v) is 13.2. The molecule has 2 aliphatic carbocycles. The van der Waals surface area contributed by atoms with Crippen LogP contribution < -0.4 is 0 Å². The van der Waals surface area contributed by atoms with Crippen molar-refractivity contribution in [3.05, 3.63) is 0 Å². The molecule has 0 atom stereocenters. The van der Waals surface area contributed by atoms with Crippen LogP contribution in [0.25, 0.3) is 0 Å². The molecule has 0 heterocycles. The molecule has 0 N–H and O–H groups in total. The maximum absolute atomic E-state index is 2.12. The van der Waals surface area contributed by atoms with Gasteiger partial charge >= 0.3 is 0 Å². The molecule has 0 bridgehead atoms. The van der Waals surface area contributed by atoms with Crippen LogP contribution in [0.1, 0.15) is 119 Å². The van der Waals surface area contributed by atoms with Gasteiger partial charge in [0, 0.05) is 0 Å². The van der Waals surface area contributed by atoms with Crippen LogP contribution >= 0.6 is 0 Å². The van der Waals surface area contributed by atoms with Crippen LogP contribution in [0.3, 0.4) is 0 Å². The molecule has 0 saturated heterocycles. The number of hydrogen-bond acceptors (Lipinski definition) is 0. The molecule has 114 valence electrons. The quantitative estimate of drug-likeness (QED) is 0.416. The van der Waals surface area contributed by atoms with Gasteiger partial charge in [-0.3, -0.25) is 0 Å². The van der Waals surface area contributed by atoms with Crippen molar-refractivity contribution in [2.45, 2.75) is 119 Å². The van der Waals surface area contributed by atoms with E-state index in [0.717, 1.165) is 0 Å². The molecule has 2 rings (SSSR count). The summed E-state index contributed by atoms with van der Waals surface area (Å²) in [6, 6.07) is 0. The lowest BCUT2D eigenvalue weighted by atomic mass is 10.0. The van der Waals surface area contributed by atoms with Crippen LogP contribution in [0.5, 0.6) is 0 Å². The minimum atomic E-state index is 0. The molecule has 2 aliphatic rings. The molecule has 0 aromatic rings. The Morgan fingerprint density at radius 2 is 0.444 bits per heavy atom. The maximum Gasteiger partial charge on any atom is -0.0533 e. The van der Waals surface area contributed by atoms with Crippen molar-refractivity contribution in [3.8, 4) is 0 Å². The van der Waals surface area contributed by atoms with Crippen LogP contribution in [0.4, 0.5) is 0 Å². The Balaban J connectivity index is -0.000000173. The third-order valence-electron chi connectivity index (χ3n) is 2.75. The zero-order chi connectivity index (χ0) is 13.2. The first kappa shape index (κ1) is 23.1. The zero-order valence-electron chi connectivity index (χ0n) is 13.2. The topological polar surface area (TPSA) is 0 Å². The van der Waals surface area contributed by atoms with Gasteiger partial charge in [-0.05, 0) is 0 Å². The molecular formula is C18H42. The molecule has 0 amide bonds. The van der Waals surface area contributed by atoms with E-state index in [4.69, 9.17) is 0 Å². The summed E-state index contributed by atoms with van der Waals surface area (Å²) in [4.78, 5) is 0. The van der Waals surface area contributed by atoms with Crippen molar-refractivity contribution in [3.63, 3.8) is 0 Å². The van der Waals surface area contributed by atoms with E-state index in [-0.39, 0.29) is 7.43 Å². The molecule has 0 aromatic heterocycles. The summed E-state index contributed by atoms with van der Waals surface area (Å²) in [5, 5.41) is 0. The Bertz CT molecular complexity index is 67.1. The smallest absolute Gasteiger partial charge is 0.0533 e. The van der Waals surface area contributed by atoms with Crippen LogP contribution in [0.15, 0.2) is 0 Å². The summed E-state index contributed by atoms with van der Waals surface area (Å²) in [6.45, 7) is 8.50. The van der Waals surface area contributed by atoms with Crippen molar-refractivity contribution in [1.29, 1.82) is 0 Å². The lowest BCUT2D eigenvalue weighted by Gasteiger charge is -2.05. The third-order valence-corrected chi connectivity index (χ3v) is 2.75. The standard InChI is InChI=1S/C6H12.C5H10.2C3H8.CH4/c1-2-4-6-5-3-1;1-2-4-5-3-1;2*1-3-2;/h1-6H2;1-5H2;2*3H2,1-2H3;1H4. The second-order valence-corrected chi connectivity index (χ2v) is 5.30. The Morgan fingerprint density at radius 3 is 0.500 bits per heavy atom. The van der Waals surface area contributed by atoms with E-state index in [1.54, 1.807) is 0 Å². The Kier molecular flexibility index (Phi) is 33.1. The van der Waals surface area contributed by atoms with E-state index < -0.39 is 0 Å². The average molecular weight is 259 g/mol. The summed E-state index contributed by atoms with van der Waals surface area (Å²) in [5.74, 6) is 0. The number of hydrogen-bond donors (Lipinski definition) is 0. The largest absolute Gasteiger partial charge is 0.0776 e. The van der Waals surface area contributed by atoms with Gasteiger partial charge in [0.2, 0.25) is 0 Å². The maximum atomic E-state index is 2.12. The summed E-state index contributed by atoms with van der Waals surface area (Å²) in [6.07, 6.45) is 19.0. The van der Waals surface area contributed by atoms with Gasteiger partial charge in [-0.25, -0.2) is 0 Å². The molecule has 0 aromatic carbocycles. The summed E-state index contributed by atoms with van der Waals surface area (Å²) in [7, 11) is 0. The molecule has 0 aliphatic heterocycles. The fourth-order valence-electron chi connectivity index (χ4n) is 1.94. The summed E-state index contributed by atoms with van der Waals surface area (Å²) < 4.78 is 0. The molecule has 0 nitrogen and oxygen atoms in total. The first-order valence-corrected chi connectivity index (χ1v) is 8.33. The Morgan fingerprint density at radius 1 is 0.389 bits per heavy atom. The van der Waals surface area contributed by atoms with Crippen molar-refractivity contribution in [2.75, 3.05) is 0 Å². The highest BCUT2D eigenvalue weighted by atomic mass is 14.0. The van der Waals surface area contributed by atoms with E-state index in [1.165, 1.54) is 83.5 Å². The van der Waals surface area contributed by atoms with E-state index in [0.29, 0.717) is 0 Å². The van der Waals surface area contributed by atoms with E-state index >= 15 is 0 Å². The highest BCUT2D eigenvalue weighted by Crippen LogP contribution is 2.15. The second-order valence-electron chi connectivity index (χ2n) is 5.30. The summed E-state index contributed by atoms with van der Waals surface area (Å²) >= 11 is 0. The molecule has 2 saturated carbocycles. The Hall–Kier alpha value is 0. The van der Waals surface area contributed by atoms with Gasteiger partial charge in [0.05, 0.1) is 0 Å². The van der Waals surface area contributed by atoms with E-state index in [2.05, 4.69) is 27.7 Å². The van der Waals surface area contributed by atoms with Crippen LogP contribution in [-0.2, 0) is 0 Å². The van der Waals surface area contributed by atoms with Gasteiger partial charge < -0.3 is 0 Å². The first-order chi connectivity index (χ1) is 8.33. The minimum Gasteiger partial charge on any atom is -0.0776 e. The highest BCUT2D eigenvalue weighted by molar-refractivity contribution is 4.51. The highest BCUT2D eigenvalue weighted by Gasteiger charge is 1.95. The third kappa shape index (κ3) is 29.8. The molecule has 2 fully saturated rings. The van der Waals surface area contributed by atoms with Crippen LogP contribution in [-0.4, -0.2) is 0 Å². The van der Waals surface area contributed by atoms with Gasteiger partial charge in [0.15, 0.2) is 0 Å². The lowest BCUT2D eigenvalue weighted by Crippen LogP contribution is -1.85. The SMILES string of the molecule is C.C1CCCC1.C1CCCCC1.CCC.CCC. The Labute approximate surface area is 119 Å². The molecule has 18 heavy (non-hydrogen) atoms.